The summed E-state index contributed by atoms with van der Waals surface area (Å²) < 4.78 is 26.1. The molecule has 1 aliphatic heterocycles. The smallest absolute Gasteiger partial charge is 0.126 e. The third-order valence-corrected chi connectivity index (χ3v) is 4.63. The molecule has 16 heavy (non-hydrogen) atoms. The Morgan fingerprint density at radius 1 is 1.25 bits per heavy atom. The van der Waals surface area contributed by atoms with E-state index in [0.717, 1.165) is 24.7 Å². The van der Waals surface area contributed by atoms with Crippen molar-refractivity contribution in [2.75, 3.05) is 12.3 Å². The van der Waals surface area contributed by atoms with E-state index in [4.69, 9.17) is 5.73 Å². The highest BCUT2D eigenvalue weighted by Crippen LogP contribution is 2.40. The SMILES string of the molecule is NCC1(Cc2cc(F)cc(F)c2)CCCS1. The van der Waals surface area contributed by atoms with Gasteiger partial charge in [-0.2, -0.15) is 11.8 Å². The molecular formula is C12H15F2NS. The molecule has 0 bridgehead atoms. The molecule has 1 aromatic rings. The topological polar surface area (TPSA) is 26.0 Å². The fraction of sp³-hybridized carbons (Fsp3) is 0.500. The highest BCUT2D eigenvalue weighted by atomic mass is 32.2. The van der Waals surface area contributed by atoms with Crippen LogP contribution in [0.3, 0.4) is 0 Å². The first-order chi connectivity index (χ1) is 7.63. The maximum atomic E-state index is 13.1. The lowest BCUT2D eigenvalue weighted by Crippen LogP contribution is -2.34. The van der Waals surface area contributed by atoms with Gasteiger partial charge in [0.05, 0.1) is 0 Å². The molecule has 0 aromatic heterocycles. The van der Waals surface area contributed by atoms with E-state index in [-0.39, 0.29) is 4.75 Å². The van der Waals surface area contributed by atoms with E-state index < -0.39 is 11.6 Å². The van der Waals surface area contributed by atoms with Gasteiger partial charge in [0.25, 0.3) is 0 Å². The van der Waals surface area contributed by atoms with E-state index in [9.17, 15) is 8.78 Å². The molecule has 0 radical (unpaired) electrons. The van der Waals surface area contributed by atoms with E-state index in [1.165, 1.54) is 12.1 Å². The summed E-state index contributed by atoms with van der Waals surface area (Å²) in [6.45, 7) is 0.565. The predicted molar refractivity (Wildman–Crippen MR) is 63.5 cm³/mol. The molecule has 0 amide bonds. The second-order valence-electron chi connectivity index (χ2n) is 4.29. The van der Waals surface area contributed by atoms with Gasteiger partial charge in [-0.25, -0.2) is 8.78 Å². The Labute approximate surface area is 98.4 Å². The fourth-order valence-electron chi connectivity index (χ4n) is 2.21. The fourth-order valence-corrected chi connectivity index (χ4v) is 3.61. The van der Waals surface area contributed by atoms with Crippen LogP contribution in [0.2, 0.25) is 0 Å². The third-order valence-electron chi connectivity index (χ3n) is 3.01. The molecule has 2 N–H and O–H groups in total. The summed E-state index contributed by atoms with van der Waals surface area (Å²) in [5.74, 6) is 0.0741. The Kier molecular flexibility index (Phi) is 3.50. The first-order valence-electron chi connectivity index (χ1n) is 5.43. The lowest BCUT2D eigenvalue weighted by molar-refractivity contribution is 0.549. The van der Waals surface area contributed by atoms with Gasteiger partial charge in [-0.05, 0) is 42.7 Å². The minimum absolute atomic E-state index is 0.0137. The first kappa shape index (κ1) is 11.9. The predicted octanol–water partition coefficient (Wildman–Crippen LogP) is 2.73. The van der Waals surface area contributed by atoms with Gasteiger partial charge in [0.1, 0.15) is 11.6 Å². The van der Waals surface area contributed by atoms with Gasteiger partial charge >= 0.3 is 0 Å². The van der Waals surface area contributed by atoms with Crippen molar-refractivity contribution in [2.45, 2.75) is 24.0 Å². The minimum Gasteiger partial charge on any atom is -0.329 e. The molecular weight excluding hydrogens is 228 g/mol. The number of halogens is 2. The van der Waals surface area contributed by atoms with Gasteiger partial charge < -0.3 is 5.73 Å². The molecule has 1 unspecified atom stereocenters. The molecule has 2 rings (SSSR count). The van der Waals surface area contributed by atoms with Crippen molar-refractivity contribution < 1.29 is 8.78 Å². The second kappa shape index (κ2) is 4.72. The van der Waals surface area contributed by atoms with Crippen LogP contribution < -0.4 is 5.73 Å². The van der Waals surface area contributed by atoms with Crippen molar-refractivity contribution >= 4 is 11.8 Å². The Bertz CT molecular complexity index is 355. The second-order valence-corrected chi connectivity index (χ2v) is 5.86. The van der Waals surface area contributed by atoms with Crippen molar-refractivity contribution in [3.8, 4) is 0 Å². The summed E-state index contributed by atoms with van der Waals surface area (Å²) in [7, 11) is 0. The van der Waals surface area contributed by atoms with E-state index in [1.807, 2.05) is 11.8 Å². The van der Waals surface area contributed by atoms with Gasteiger partial charge in [-0.1, -0.05) is 0 Å². The van der Waals surface area contributed by atoms with Crippen LogP contribution in [0.1, 0.15) is 18.4 Å². The number of rotatable bonds is 3. The van der Waals surface area contributed by atoms with Crippen LogP contribution in [0.15, 0.2) is 18.2 Å². The van der Waals surface area contributed by atoms with Crippen molar-refractivity contribution in [3.05, 3.63) is 35.4 Å². The summed E-state index contributed by atoms with van der Waals surface area (Å²) in [6.07, 6.45) is 2.83. The molecule has 1 saturated heterocycles. The quantitative estimate of drug-likeness (QED) is 0.883. The molecule has 0 aliphatic carbocycles. The Hall–Kier alpha value is -0.610. The van der Waals surface area contributed by atoms with Crippen LogP contribution in [0.25, 0.3) is 0 Å². The van der Waals surface area contributed by atoms with Crippen LogP contribution in [0.5, 0.6) is 0 Å². The van der Waals surface area contributed by atoms with E-state index in [0.29, 0.717) is 18.5 Å². The molecule has 1 aliphatic rings. The Morgan fingerprint density at radius 3 is 2.44 bits per heavy atom. The number of thioether (sulfide) groups is 1. The van der Waals surface area contributed by atoms with Gasteiger partial charge in [0.2, 0.25) is 0 Å². The number of benzene rings is 1. The summed E-state index contributed by atoms with van der Waals surface area (Å²) in [6, 6.07) is 3.71. The molecule has 1 atom stereocenters. The standard InChI is InChI=1S/C12H15F2NS/c13-10-4-9(5-11(14)6-10)7-12(8-15)2-1-3-16-12/h4-6H,1-3,7-8,15H2. The van der Waals surface area contributed by atoms with Gasteiger partial charge in [0, 0.05) is 17.4 Å². The zero-order valence-electron chi connectivity index (χ0n) is 9.01. The monoisotopic (exact) mass is 243 g/mol. The average Bonchev–Trinajstić information content (AvgIpc) is 2.65. The normalized spacial score (nSPS) is 24.9. The maximum absolute atomic E-state index is 13.1. The van der Waals surface area contributed by atoms with Crippen molar-refractivity contribution in [1.82, 2.24) is 0 Å². The van der Waals surface area contributed by atoms with Crippen LogP contribution in [0, 0.1) is 11.6 Å². The van der Waals surface area contributed by atoms with Crippen LogP contribution in [0.4, 0.5) is 8.78 Å². The lowest BCUT2D eigenvalue weighted by Gasteiger charge is -2.26. The molecule has 4 heteroatoms. The van der Waals surface area contributed by atoms with Crippen LogP contribution in [-0.2, 0) is 6.42 Å². The molecule has 0 saturated carbocycles. The molecule has 0 spiro atoms. The molecule has 1 heterocycles. The number of hydrogen-bond donors (Lipinski definition) is 1. The first-order valence-corrected chi connectivity index (χ1v) is 6.41. The molecule has 1 fully saturated rings. The van der Waals surface area contributed by atoms with Crippen molar-refractivity contribution in [2.24, 2.45) is 5.73 Å². The zero-order chi connectivity index (χ0) is 11.6. The van der Waals surface area contributed by atoms with E-state index >= 15 is 0 Å². The lowest BCUT2D eigenvalue weighted by atomic mass is 9.94. The Balaban J connectivity index is 2.18. The van der Waals surface area contributed by atoms with Gasteiger partial charge in [-0.15, -0.1) is 0 Å². The third kappa shape index (κ3) is 2.55. The van der Waals surface area contributed by atoms with E-state index in [2.05, 4.69) is 0 Å². The van der Waals surface area contributed by atoms with Gasteiger partial charge in [-0.3, -0.25) is 0 Å². The van der Waals surface area contributed by atoms with Crippen LogP contribution in [-0.4, -0.2) is 17.0 Å². The van der Waals surface area contributed by atoms with Crippen LogP contribution >= 0.6 is 11.8 Å². The highest BCUT2D eigenvalue weighted by Gasteiger charge is 2.33. The summed E-state index contributed by atoms with van der Waals surface area (Å²) in [4.78, 5) is 0. The van der Waals surface area contributed by atoms with Crippen molar-refractivity contribution in [3.63, 3.8) is 0 Å². The van der Waals surface area contributed by atoms with E-state index in [1.54, 1.807) is 0 Å². The highest BCUT2D eigenvalue weighted by molar-refractivity contribution is 8.00. The minimum atomic E-state index is -0.509. The Morgan fingerprint density at radius 2 is 1.94 bits per heavy atom. The molecule has 1 aromatic carbocycles. The number of hydrogen-bond acceptors (Lipinski definition) is 2. The maximum Gasteiger partial charge on any atom is 0.126 e. The largest absolute Gasteiger partial charge is 0.329 e. The van der Waals surface area contributed by atoms with Crippen molar-refractivity contribution in [1.29, 1.82) is 0 Å². The zero-order valence-corrected chi connectivity index (χ0v) is 9.83. The number of nitrogens with two attached hydrogens (primary N) is 1. The van der Waals surface area contributed by atoms with Gasteiger partial charge in [0.15, 0.2) is 0 Å². The summed E-state index contributed by atoms with van der Waals surface area (Å²) in [5.41, 5.74) is 6.49. The average molecular weight is 243 g/mol. The molecule has 1 nitrogen and oxygen atoms in total. The summed E-state index contributed by atoms with van der Waals surface area (Å²) in [5, 5.41) is 0. The molecule has 88 valence electrons. The summed E-state index contributed by atoms with van der Waals surface area (Å²) >= 11 is 1.83.